The van der Waals surface area contributed by atoms with Crippen LogP contribution in [-0.2, 0) is 0 Å². The summed E-state index contributed by atoms with van der Waals surface area (Å²) in [7, 11) is 3.58. The number of H-pyrrole nitrogens is 1. The van der Waals surface area contributed by atoms with Crippen LogP contribution in [0.1, 0.15) is 0 Å². The topological polar surface area (TPSA) is 61.0 Å². The first-order valence-corrected chi connectivity index (χ1v) is 3.66. The van der Waals surface area contributed by atoms with Gasteiger partial charge in [0.25, 0.3) is 5.56 Å². The molecular formula is C6H9ClN4O. The molecule has 0 fully saturated rings. The van der Waals surface area contributed by atoms with Gasteiger partial charge in [-0.3, -0.25) is 4.79 Å². The number of nitrogens with one attached hydrogen (secondary N) is 2. The highest BCUT2D eigenvalue weighted by molar-refractivity contribution is 6.32. The zero-order valence-corrected chi connectivity index (χ0v) is 7.51. The zero-order valence-electron chi connectivity index (χ0n) is 6.76. The molecule has 0 atom stereocenters. The Balaban J connectivity index is 3.00. The second-order valence-corrected chi connectivity index (χ2v) is 2.81. The van der Waals surface area contributed by atoms with Crippen LogP contribution in [0.3, 0.4) is 0 Å². The lowest BCUT2D eigenvalue weighted by Gasteiger charge is -2.12. The van der Waals surface area contributed by atoms with E-state index in [0.717, 1.165) is 0 Å². The first-order chi connectivity index (χ1) is 5.61. The van der Waals surface area contributed by atoms with E-state index in [1.165, 1.54) is 6.20 Å². The fourth-order valence-electron chi connectivity index (χ4n) is 0.702. The van der Waals surface area contributed by atoms with Gasteiger partial charge in [-0.15, -0.1) is 0 Å². The van der Waals surface area contributed by atoms with Gasteiger partial charge in [0.2, 0.25) is 0 Å². The maximum atomic E-state index is 10.9. The van der Waals surface area contributed by atoms with Crippen molar-refractivity contribution >= 4 is 17.3 Å². The van der Waals surface area contributed by atoms with Crippen molar-refractivity contribution in [3.63, 3.8) is 0 Å². The monoisotopic (exact) mass is 188 g/mol. The molecule has 66 valence electrons. The Kier molecular flexibility index (Phi) is 2.67. The van der Waals surface area contributed by atoms with E-state index in [1.54, 1.807) is 19.1 Å². The maximum absolute atomic E-state index is 10.9. The quantitative estimate of drug-likeness (QED) is 0.656. The van der Waals surface area contributed by atoms with Crippen molar-refractivity contribution in [2.45, 2.75) is 0 Å². The third kappa shape index (κ3) is 1.96. The van der Waals surface area contributed by atoms with Gasteiger partial charge in [-0.25, -0.2) is 10.1 Å². The first kappa shape index (κ1) is 9.02. The number of aromatic amines is 1. The summed E-state index contributed by atoms with van der Waals surface area (Å²) in [5.74, 6) is 0. The number of hydrogen-bond donors (Lipinski definition) is 2. The Labute approximate surface area is 74.3 Å². The summed E-state index contributed by atoms with van der Waals surface area (Å²) >= 11 is 5.66. The van der Waals surface area contributed by atoms with Crippen molar-refractivity contribution in [3.05, 3.63) is 21.6 Å². The van der Waals surface area contributed by atoms with Gasteiger partial charge >= 0.3 is 0 Å². The summed E-state index contributed by atoms with van der Waals surface area (Å²) in [4.78, 5) is 10.9. The normalized spacial score (nSPS) is 10.3. The van der Waals surface area contributed by atoms with E-state index in [9.17, 15) is 4.79 Å². The molecule has 0 aliphatic rings. The molecule has 0 saturated heterocycles. The lowest BCUT2D eigenvalue weighted by atomic mass is 10.5. The first-order valence-electron chi connectivity index (χ1n) is 3.28. The van der Waals surface area contributed by atoms with Crippen molar-refractivity contribution in [2.75, 3.05) is 19.5 Å². The third-order valence-corrected chi connectivity index (χ3v) is 1.51. The molecule has 1 rings (SSSR count). The van der Waals surface area contributed by atoms with Crippen LogP contribution in [0.4, 0.5) is 5.69 Å². The minimum Gasteiger partial charge on any atom is -0.316 e. The number of nitrogens with zero attached hydrogens (tertiary/aromatic N) is 2. The summed E-state index contributed by atoms with van der Waals surface area (Å²) in [6, 6.07) is 0. The van der Waals surface area contributed by atoms with Crippen LogP contribution in [-0.4, -0.2) is 29.3 Å². The molecule has 0 amide bonds. The molecule has 5 nitrogen and oxygen atoms in total. The molecule has 0 spiro atoms. The van der Waals surface area contributed by atoms with Crippen LogP contribution in [0.5, 0.6) is 0 Å². The lowest BCUT2D eigenvalue weighted by molar-refractivity contribution is 0.494. The van der Waals surface area contributed by atoms with Crippen molar-refractivity contribution in [1.82, 2.24) is 15.2 Å². The van der Waals surface area contributed by atoms with Gasteiger partial charge in [0, 0.05) is 14.1 Å². The number of halogens is 1. The van der Waals surface area contributed by atoms with Crippen LogP contribution >= 0.6 is 11.6 Å². The summed E-state index contributed by atoms with van der Waals surface area (Å²) in [6.45, 7) is 0. The van der Waals surface area contributed by atoms with Crippen LogP contribution < -0.4 is 11.0 Å². The molecule has 0 radical (unpaired) electrons. The van der Waals surface area contributed by atoms with E-state index in [1.807, 2.05) is 0 Å². The molecule has 0 aromatic carbocycles. The van der Waals surface area contributed by atoms with Crippen LogP contribution in [0.15, 0.2) is 11.0 Å². The van der Waals surface area contributed by atoms with Gasteiger partial charge < -0.3 is 5.43 Å². The SMILES string of the molecule is CN(C)Nc1cn[nH]c(=O)c1Cl. The summed E-state index contributed by atoms with van der Waals surface area (Å²) in [5, 5.41) is 7.58. The van der Waals surface area contributed by atoms with Crippen LogP contribution in [0, 0.1) is 0 Å². The zero-order chi connectivity index (χ0) is 9.14. The van der Waals surface area contributed by atoms with E-state index in [4.69, 9.17) is 11.6 Å². The van der Waals surface area contributed by atoms with E-state index >= 15 is 0 Å². The second kappa shape index (κ2) is 3.55. The molecule has 0 unspecified atom stereocenters. The number of aromatic nitrogens is 2. The Bertz CT molecular complexity index is 322. The number of anilines is 1. The predicted molar refractivity (Wildman–Crippen MR) is 47.2 cm³/mol. The highest BCUT2D eigenvalue weighted by Gasteiger charge is 2.03. The van der Waals surface area contributed by atoms with E-state index in [-0.39, 0.29) is 5.02 Å². The van der Waals surface area contributed by atoms with Gasteiger partial charge in [-0.2, -0.15) is 5.10 Å². The van der Waals surface area contributed by atoms with Crippen molar-refractivity contribution in [2.24, 2.45) is 0 Å². The molecular weight excluding hydrogens is 180 g/mol. The van der Waals surface area contributed by atoms with Crippen LogP contribution in [0.25, 0.3) is 0 Å². The molecule has 0 bridgehead atoms. The minimum absolute atomic E-state index is 0.110. The molecule has 1 heterocycles. The Morgan fingerprint density at radius 2 is 2.33 bits per heavy atom. The molecule has 2 N–H and O–H groups in total. The second-order valence-electron chi connectivity index (χ2n) is 2.43. The molecule has 0 aliphatic heterocycles. The molecule has 0 saturated carbocycles. The summed E-state index contributed by atoms with van der Waals surface area (Å²) < 4.78 is 0. The highest BCUT2D eigenvalue weighted by atomic mass is 35.5. The number of hydrazine groups is 1. The highest BCUT2D eigenvalue weighted by Crippen LogP contribution is 2.13. The van der Waals surface area contributed by atoms with E-state index in [0.29, 0.717) is 5.69 Å². The number of rotatable bonds is 2. The minimum atomic E-state index is -0.400. The average molecular weight is 189 g/mol. The Morgan fingerprint density at radius 1 is 1.67 bits per heavy atom. The summed E-state index contributed by atoms with van der Waals surface area (Å²) in [6.07, 6.45) is 1.45. The van der Waals surface area contributed by atoms with Gasteiger partial charge in [0.1, 0.15) is 5.02 Å². The van der Waals surface area contributed by atoms with Crippen molar-refractivity contribution in [3.8, 4) is 0 Å². The van der Waals surface area contributed by atoms with Crippen LogP contribution in [0.2, 0.25) is 5.02 Å². The smallest absolute Gasteiger partial charge is 0.285 e. The van der Waals surface area contributed by atoms with Gasteiger partial charge in [-0.05, 0) is 0 Å². The molecule has 1 aromatic heterocycles. The molecule has 0 aliphatic carbocycles. The number of hydrogen-bond acceptors (Lipinski definition) is 4. The van der Waals surface area contributed by atoms with E-state index in [2.05, 4.69) is 15.6 Å². The van der Waals surface area contributed by atoms with Gasteiger partial charge in [0.05, 0.1) is 11.9 Å². The van der Waals surface area contributed by atoms with Gasteiger partial charge in [-0.1, -0.05) is 11.6 Å². The maximum Gasteiger partial charge on any atom is 0.285 e. The molecule has 1 aromatic rings. The van der Waals surface area contributed by atoms with Crippen molar-refractivity contribution in [1.29, 1.82) is 0 Å². The van der Waals surface area contributed by atoms with E-state index < -0.39 is 5.56 Å². The fraction of sp³-hybridized carbons (Fsp3) is 0.333. The van der Waals surface area contributed by atoms with Gasteiger partial charge in [0.15, 0.2) is 0 Å². The Hall–Kier alpha value is -1.07. The average Bonchev–Trinajstić information content (AvgIpc) is 1.98. The predicted octanol–water partition coefficient (Wildman–Crippen LogP) is 0.312. The molecule has 6 heteroatoms. The largest absolute Gasteiger partial charge is 0.316 e. The van der Waals surface area contributed by atoms with Crippen molar-refractivity contribution < 1.29 is 0 Å². The lowest BCUT2D eigenvalue weighted by Crippen LogP contribution is -2.22. The summed E-state index contributed by atoms with van der Waals surface area (Å²) in [5.41, 5.74) is 2.92. The molecule has 12 heavy (non-hydrogen) atoms. The standard InChI is InChI=1S/C6H9ClN4O/c1-11(2)10-4-3-8-9-6(12)5(4)7/h3H,1-2H3,(H2,9,10,12). The Morgan fingerprint density at radius 3 is 2.92 bits per heavy atom. The third-order valence-electron chi connectivity index (χ3n) is 1.14. The fourth-order valence-corrected chi connectivity index (χ4v) is 0.836.